The Morgan fingerprint density at radius 1 is 1.27 bits per heavy atom. The number of alkyl halides is 3. The highest BCUT2D eigenvalue weighted by atomic mass is 32.2. The Hall–Kier alpha value is -1.61. The fraction of sp³-hybridized carbons (Fsp3) is 0.462. The van der Waals surface area contributed by atoms with E-state index < -0.39 is 34.6 Å². The fourth-order valence-electron chi connectivity index (χ4n) is 2.38. The Bertz CT molecular complexity index is 685. The molecule has 0 aromatic heterocycles. The maximum absolute atomic E-state index is 12.3. The average Bonchev–Trinajstić information content (AvgIpc) is 2.82. The number of carboxylic acids is 1. The summed E-state index contributed by atoms with van der Waals surface area (Å²) in [7, 11) is -4.33. The minimum absolute atomic E-state index is 0.221. The molecule has 0 amide bonds. The Morgan fingerprint density at radius 2 is 1.91 bits per heavy atom. The Morgan fingerprint density at radius 3 is 2.50 bits per heavy atom. The second-order valence-corrected chi connectivity index (χ2v) is 6.83. The summed E-state index contributed by atoms with van der Waals surface area (Å²) in [5.74, 6) is -1.87. The zero-order valence-corrected chi connectivity index (χ0v) is 12.2. The van der Waals surface area contributed by atoms with Crippen molar-refractivity contribution in [2.24, 2.45) is 0 Å². The van der Waals surface area contributed by atoms with Crippen LogP contribution < -0.4 is 4.72 Å². The van der Waals surface area contributed by atoms with Crippen molar-refractivity contribution in [2.45, 2.75) is 42.8 Å². The fourth-order valence-corrected chi connectivity index (χ4v) is 3.62. The summed E-state index contributed by atoms with van der Waals surface area (Å²) in [5.41, 5.74) is 1.83. The van der Waals surface area contributed by atoms with Crippen molar-refractivity contribution in [1.82, 2.24) is 4.72 Å². The normalized spacial score (nSPS) is 16.3. The van der Waals surface area contributed by atoms with Gasteiger partial charge < -0.3 is 5.11 Å². The number of fused-ring (bicyclic) bond motifs is 1. The van der Waals surface area contributed by atoms with E-state index in [-0.39, 0.29) is 4.90 Å². The van der Waals surface area contributed by atoms with E-state index >= 15 is 0 Å². The van der Waals surface area contributed by atoms with Crippen molar-refractivity contribution >= 4 is 16.0 Å². The first-order valence-electron chi connectivity index (χ1n) is 6.52. The molecule has 1 aliphatic rings. The monoisotopic (exact) mass is 337 g/mol. The van der Waals surface area contributed by atoms with Crippen LogP contribution in [0.25, 0.3) is 0 Å². The Labute approximate surface area is 125 Å². The van der Waals surface area contributed by atoms with Crippen LogP contribution in [0, 0.1) is 0 Å². The first kappa shape index (κ1) is 16.8. The van der Waals surface area contributed by atoms with Crippen LogP contribution in [0.3, 0.4) is 0 Å². The summed E-state index contributed by atoms with van der Waals surface area (Å²) in [6.45, 7) is 0. The molecule has 0 saturated heterocycles. The second kappa shape index (κ2) is 5.88. The van der Waals surface area contributed by atoms with Crippen molar-refractivity contribution in [3.63, 3.8) is 0 Å². The third-order valence-electron chi connectivity index (χ3n) is 3.41. The summed E-state index contributed by atoms with van der Waals surface area (Å²) in [6, 6.07) is 2.02. The molecular weight excluding hydrogens is 323 g/mol. The molecule has 1 aromatic carbocycles. The number of carbonyl (C=O) groups is 1. The average molecular weight is 337 g/mol. The van der Waals surface area contributed by atoms with E-state index in [2.05, 4.69) is 0 Å². The smallest absolute Gasteiger partial charge is 0.391 e. The lowest BCUT2D eigenvalue weighted by molar-refractivity contribution is -0.157. The molecule has 0 heterocycles. The van der Waals surface area contributed by atoms with Crippen LogP contribution >= 0.6 is 0 Å². The molecule has 0 aliphatic heterocycles. The zero-order chi connectivity index (χ0) is 16.5. The highest BCUT2D eigenvalue weighted by molar-refractivity contribution is 7.89. The van der Waals surface area contributed by atoms with Gasteiger partial charge in [0.05, 0.1) is 11.3 Å². The van der Waals surface area contributed by atoms with Crippen molar-refractivity contribution < 1.29 is 31.5 Å². The number of halogens is 3. The lowest BCUT2D eigenvalue weighted by Crippen LogP contribution is -2.43. The predicted molar refractivity (Wildman–Crippen MR) is 70.9 cm³/mol. The van der Waals surface area contributed by atoms with E-state index in [4.69, 9.17) is 5.11 Å². The summed E-state index contributed by atoms with van der Waals surface area (Å²) in [5, 5.41) is 8.77. The molecular formula is C13H14F3NO4S. The quantitative estimate of drug-likeness (QED) is 0.859. The van der Waals surface area contributed by atoms with Crippen LogP contribution in [0.4, 0.5) is 13.2 Å². The highest BCUT2D eigenvalue weighted by Crippen LogP contribution is 2.26. The summed E-state index contributed by atoms with van der Waals surface area (Å²) >= 11 is 0. The second-order valence-electron chi connectivity index (χ2n) is 5.12. The highest BCUT2D eigenvalue weighted by Gasteiger charge is 2.38. The van der Waals surface area contributed by atoms with Gasteiger partial charge >= 0.3 is 12.1 Å². The Kier molecular flexibility index (Phi) is 4.48. The van der Waals surface area contributed by atoms with Crippen LogP contribution in [-0.4, -0.2) is 31.7 Å². The maximum Gasteiger partial charge on any atom is 0.391 e. The molecule has 1 atom stereocenters. The topological polar surface area (TPSA) is 83.5 Å². The lowest BCUT2D eigenvalue weighted by Gasteiger charge is -2.16. The van der Waals surface area contributed by atoms with Gasteiger partial charge in [0.1, 0.15) is 6.04 Å². The number of aryl methyl sites for hydroxylation is 2. The minimum atomic E-state index is -4.79. The molecule has 1 aliphatic carbocycles. The molecule has 5 nitrogen and oxygen atoms in total. The van der Waals surface area contributed by atoms with E-state index in [1.165, 1.54) is 12.1 Å². The Balaban J connectivity index is 2.24. The first-order chi connectivity index (χ1) is 10.1. The van der Waals surface area contributed by atoms with Crippen molar-refractivity contribution in [3.8, 4) is 0 Å². The first-order valence-corrected chi connectivity index (χ1v) is 8.00. The maximum atomic E-state index is 12.3. The number of carboxylic acid groups (broad SMARTS) is 1. The molecule has 0 saturated carbocycles. The van der Waals surface area contributed by atoms with Gasteiger partial charge in [-0.1, -0.05) is 6.07 Å². The van der Waals surface area contributed by atoms with Crippen molar-refractivity contribution in [3.05, 3.63) is 29.3 Å². The van der Waals surface area contributed by atoms with Crippen molar-refractivity contribution in [1.29, 1.82) is 0 Å². The van der Waals surface area contributed by atoms with E-state index in [1.54, 1.807) is 10.8 Å². The van der Waals surface area contributed by atoms with E-state index in [1.807, 2.05) is 0 Å². The molecule has 0 spiro atoms. The summed E-state index contributed by atoms with van der Waals surface area (Å²) in [4.78, 5) is 10.6. The van der Waals surface area contributed by atoms with Gasteiger partial charge in [0.25, 0.3) is 0 Å². The molecule has 0 radical (unpaired) electrons. The number of sulfonamides is 1. The SMILES string of the molecule is O=C(O)C(CC(F)(F)F)NS(=O)(=O)c1ccc2c(c1)CCC2. The van der Waals surface area contributed by atoms with Gasteiger partial charge in [-0.25, -0.2) is 8.42 Å². The predicted octanol–water partition coefficient (Wildman–Crippen LogP) is 1.86. The molecule has 22 heavy (non-hydrogen) atoms. The molecule has 9 heteroatoms. The van der Waals surface area contributed by atoms with E-state index in [9.17, 15) is 26.4 Å². The number of nitrogens with one attached hydrogen (secondary N) is 1. The van der Waals surface area contributed by atoms with Crippen LogP contribution in [0.1, 0.15) is 24.0 Å². The van der Waals surface area contributed by atoms with Gasteiger partial charge in [-0.2, -0.15) is 17.9 Å². The molecule has 122 valence electrons. The minimum Gasteiger partial charge on any atom is -0.480 e. The molecule has 0 bridgehead atoms. The molecule has 1 unspecified atom stereocenters. The largest absolute Gasteiger partial charge is 0.480 e. The number of hydrogen-bond donors (Lipinski definition) is 2. The number of benzene rings is 1. The van der Waals surface area contributed by atoms with Crippen LogP contribution in [-0.2, 0) is 27.7 Å². The summed E-state index contributed by atoms with van der Waals surface area (Å²) < 4.78 is 62.8. The van der Waals surface area contributed by atoms with Crippen LogP contribution in [0.15, 0.2) is 23.1 Å². The van der Waals surface area contributed by atoms with Gasteiger partial charge in [-0.05, 0) is 42.5 Å². The van der Waals surface area contributed by atoms with Crippen LogP contribution in [0.2, 0.25) is 0 Å². The third kappa shape index (κ3) is 3.98. The molecule has 2 N–H and O–H groups in total. The van der Waals surface area contributed by atoms with Gasteiger partial charge in [0.2, 0.25) is 10.0 Å². The van der Waals surface area contributed by atoms with Crippen LogP contribution in [0.5, 0.6) is 0 Å². The zero-order valence-electron chi connectivity index (χ0n) is 11.4. The van der Waals surface area contributed by atoms with Crippen molar-refractivity contribution in [2.75, 3.05) is 0 Å². The van der Waals surface area contributed by atoms with Gasteiger partial charge in [0, 0.05) is 0 Å². The third-order valence-corrected chi connectivity index (χ3v) is 4.88. The standard InChI is InChI=1S/C13H14F3NO4S/c14-13(15,16)7-11(12(18)19)17-22(20,21)10-5-4-8-2-1-3-9(8)6-10/h4-6,11,17H,1-3,7H2,(H,18,19). The van der Waals surface area contributed by atoms with Gasteiger partial charge in [-0.15, -0.1) is 0 Å². The number of rotatable bonds is 5. The molecule has 2 rings (SSSR count). The van der Waals surface area contributed by atoms with E-state index in [0.29, 0.717) is 6.42 Å². The van der Waals surface area contributed by atoms with E-state index in [0.717, 1.165) is 24.0 Å². The van der Waals surface area contributed by atoms with Gasteiger partial charge in [-0.3, -0.25) is 4.79 Å². The summed E-state index contributed by atoms with van der Waals surface area (Å²) in [6.07, 6.45) is -4.15. The number of hydrogen-bond acceptors (Lipinski definition) is 3. The molecule has 1 aromatic rings. The lowest BCUT2D eigenvalue weighted by atomic mass is 10.1. The number of aliphatic carboxylic acids is 1. The van der Waals surface area contributed by atoms with Gasteiger partial charge in [0.15, 0.2) is 0 Å². The molecule has 0 fully saturated rings.